The highest BCUT2D eigenvalue weighted by molar-refractivity contribution is 5.79. The lowest BCUT2D eigenvalue weighted by atomic mass is 9.32. The zero-order chi connectivity index (χ0) is 27.9. The fraction of sp³-hybridized carbons (Fsp3) is 0.909. The Balaban J connectivity index is 1.49. The van der Waals surface area contributed by atoms with Crippen LogP contribution in [0.25, 0.3) is 0 Å². The SMILES string of the molecule is CC(=O)OC[C@]12CC[C@@H](C(C)=O)[C@H]1[C@H]1CC[C@@H]3[C@@]4(C)CC[C@H](OC(C)=O)C(C)(C)[C@@H]4CC[C@@]3(C)[C@]1(C)CC2. The standard InChI is InChI=1S/C33H52O5/c1-20(34)23-11-16-33(19-37-21(2)35)18-17-31(7)24(28(23)33)9-10-26-30(6)14-13-27(38-22(3)36)29(4,5)25(30)12-15-32(26,31)8/h23-28H,9-19H2,1-8H3/t23-,24+,25-,26+,27-,28-,30-,31+,32+,33+/m0/s1. The van der Waals surface area contributed by atoms with Crippen LogP contribution in [0, 0.1) is 56.7 Å². The van der Waals surface area contributed by atoms with Gasteiger partial charge in [0.2, 0.25) is 0 Å². The van der Waals surface area contributed by atoms with E-state index in [1.807, 2.05) is 0 Å². The van der Waals surface area contributed by atoms with Crippen molar-refractivity contribution in [3.63, 3.8) is 0 Å². The summed E-state index contributed by atoms with van der Waals surface area (Å²) in [5, 5.41) is 0. The van der Waals surface area contributed by atoms with Gasteiger partial charge in [0.25, 0.3) is 0 Å². The zero-order valence-electron chi connectivity index (χ0n) is 25.3. The number of rotatable bonds is 4. The summed E-state index contributed by atoms with van der Waals surface area (Å²) in [5.74, 6) is 2.05. The molecule has 0 heterocycles. The normalized spacial score (nSPS) is 49.1. The van der Waals surface area contributed by atoms with Crippen molar-refractivity contribution in [3.05, 3.63) is 0 Å². The van der Waals surface area contributed by atoms with Crippen LogP contribution in [0.15, 0.2) is 0 Å². The van der Waals surface area contributed by atoms with Gasteiger partial charge in [-0.05, 0) is 111 Å². The van der Waals surface area contributed by atoms with E-state index in [0.717, 1.165) is 38.5 Å². The minimum atomic E-state index is -0.202. The Morgan fingerprint density at radius 1 is 0.711 bits per heavy atom. The first-order chi connectivity index (χ1) is 17.6. The summed E-state index contributed by atoms with van der Waals surface area (Å²) in [5.41, 5.74) is 0.532. The van der Waals surface area contributed by atoms with Crippen molar-refractivity contribution < 1.29 is 23.9 Å². The number of carbonyl (C=O) groups is 3. The van der Waals surface area contributed by atoms with Crippen LogP contribution in [0.2, 0.25) is 0 Å². The topological polar surface area (TPSA) is 69.7 Å². The summed E-state index contributed by atoms with van der Waals surface area (Å²) in [6.07, 6.45) is 11.0. The van der Waals surface area contributed by atoms with Crippen LogP contribution < -0.4 is 0 Å². The Morgan fingerprint density at radius 2 is 1.42 bits per heavy atom. The summed E-state index contributed by atoms with van der Waals surface area (Å²) >= 11 is 0. The summed E-state index contributed by atoms with van der Waals surface area (Å²) in [6.45, 7) is 17.8. The van der Waals surface area contributed by atoms with Gasteiger partial charge in [-0.25, -0.2) is 0 Å². The van der Waals surface area contributed by atoms with Gasteiger partial charge in [0, 0.05) is 30.6 Å². The van der Waals surface area contributed by atoms with E-state index >= 15 is 0 Å². The Bertz CT molecular complexity index is 1000. The second-order valence-corrected chi connectivity index (χ2v) is 15.6. The predicted molar refractivity (Wildman–Crippen MR) is 147 cm³/mol. The maximum atomic E-state index is 13.0. The molecule has 10 atom stereocenters. The molecule has 5 aliphatic rings. The summed E-state index contributed by atoms with van der Waals surface area (Å²) in [4.78, 5) is 36.8. The fourth-order valence-electron chi connectivity index (χ4n) is 12.1. The van der Waals surface area contributed by atoms with E-state index in [1.54, 1.807) is 13.8 Å². The number of hydrogen-bond acceptors (Lipinski definition) is 5. The lowest BCUT2D eigenvalue weighted by Gasteiger charge is -2.73. The Kier molecular flexibility index (Phi) is 6.71. The van der Waals surface area contributed by atoms with Crippen LogP contribution in [0.3, 0.4) is 0 Å². The van der Waals surface area contributed by atoms with Gasteiger partial charge in [0.15, 0.2) is 0 Å². The molecule has 5 heteroatoms. The number of hydrogen-bond donors (Lipinski definition) is 0. The number of fused-ring (bicyclic) bond motifs is 7. The molecule has 0 N–H and O–H groups in total. The van der Waals surface area contributed by atoms with Crippen molar-refractivity contribution in [2.75, 3.05) is 6.61 Å². The van der Waals surface area contributed by atoms with Crippen molar-refractivity contribution in [3.8, 4) is 0 Å². The summed E-state index contributed by atoms with van der Waals surface area (Å²) < 4.78 is 11.6. The first kappa shape index (κ1) is 28.1. The van der Waals surface area contributed by atoms with Gasteiger partial charge in [0.05, 0.1) is 6.61 Å². The molecule has 5 fully saturated rings. The number of ketones is 1. The molecule has 0 aromatic carbocycles. The van der Waals surface area contributed by atoms with Gasteiger partial charge in [-0.3, -0.25) is 14.4 Å². The molecule has 5 aliphatic carbocycles. The molecule has 5 rings (SSSR count). The van der Waals surface area contributed by atoms with E-state index in [-0.39, 0.29) is 51.0 Å². The van der Waals surface area contributed by atoms with E-state index in [0.29, 0.717) is 36.1 Å². The van der Waals surface area contributed by atoms with Crippen molar-refractivity contribution in [2.45, 2.75) is 126 Å². The Hall–Kier alpha value is -1.39. The first-order valence-corrected chi connectivity index (χ1v) is 15.4. The third kappa shape index (κ3) is 3.79. The molecule has 0 saturated heterocycles. The van der Waals surface area contributed by atoms with Gasteiger partial charge < -0.3 is 9.47 Å². The molecule has 0 aromatic heterocycles. The molecule has 0 radical (unpaired) electrons. The van der Waals surface area contributed by atoms with E-state index in [2.05, 4.69) is 34.6 Å². The molecule has 0 spiro atoms. The van der Waals surface area contributed by atoms with E-state index in [4.69, 9.17) is 9.47 Å². The van der Waals surface area contributed by atoms with Gasteiger partial charge in [-0.2, -0.15) is 0 Å². The second-order valence-electron chi connectivity index (χ2n) is 15.6. The maximum absolute atomic E-state index is 13.0. The lowest BCUT2D eigenvalue weighted by Crippen LogP contribution is -2.67. The van der Waals surface area contributed by atoms with Crippen molar-refractivity contribution in [1.29, 1.82) is 0 Å². The van der Waals surface area contributed by atoms with Crippen LogP contribution >= 0.6 is 0 Å². The van der Waals surface area contributed by atoms with Crippen LogP contribution in [0.4, 0.5) is 0 Å². The third-order valence-corrected chi connectivity index (χ3v) is 13.9. The molecule has 214 valence electrons. The van der Waals surface area contributed by atoms with Crippen LogP contribution in [0.5, 0.6) is 0 Å². The number of ether oxygens (including phenoxy) is 2. The number of carbonyl (C=O) groups excluding carboxylic acids is 3. The highest BCUT2D eigenvalue weighted by Gasteiger charge is 2.71. The Morgan fingerprint density at radius 3 is 2.05 bits per heavy atom. The molecule has 0 aliphatic heterocycles. The molecule has 0 aromatic rings. The Labute approximate surface area is 230 Å². The largest absolute Gasteiger partial charge is 0.465 e. The first-order valence-electron chi connectivity index (χ1n) is 15.4. The lowest BCUT2D eigenvalue weighted by molar-refractivity contribution is -0.252. The van der Waals surface area contributed by atoms with E-state index in [9.17, 15) is 14.4 Å². The number of esters is 2. The highest BCUT2D eigenvalue weighted by Crippen LogP contribution is 2.77. The molecule has 5 saturated carbocycles. The average molecular weight is 529 g/mol. The highest BCUT2D eigenvalue weighted by atomic mass is 16.5. The molecule has 5 nitrogen and oxygen atoms in total. The molecule has 0 bridgehead atoms. The molecule has 38 heavy (non-hydrogen) atoms. The van der Waals surface area contributed by atoms with Crippen LogP contribution in [-0.2, 0) is 23.9 Å². The molecular formula is C33H52O5. The fourth-order valence-corrected chi connectivity index (χ4v) is 12.1. The van der Waals surface area contributed by atoms with Crippen molar-refractivity contribution in [1.82, 2.24) is 0 Å². The van der Waals surface area contributed by atoms with Gasteiger partial charge in [-0.15, -0.1) is 0 Å². The molecule has 0 amide bonds. The predicted octanol–water partition coefficient (Wildman–Crippen LogP) is 7.15. The van der Waals surface area contributed by atoms with Gasteiger partial charge >= 0.3 is 11.9 Å². The van der Waals surface area contributed by atoms with E-state index in [1.165, 1.54) is 32.6 Å². The molecule has 0 unspecified atom stereocenters. The van der Waals surface area contributed by atoms with Crippen molar-refractivity contribution >= 4 is 17.7 Å². The minimum Gasteiger partial charge on any atom is -0.465 e. The maximum Gasteiger partial charge on any atom is 0.302 e. The van der Waals surface area contributed by atoms with Crippen LogP contribution in [-0.4, -0.2) is 30.4 Å². The average Bonchev–Trinajstić information content (AvgIpc) is 3.20. The van der Waals surface area contributed by atoms with Crippen LogP contribution in [0.1, 0.15) is 120 Å². The zero-order valence-corrected chi connectivity index (χ0v) is 25.3. The second kappa shape index (κ2) is 9.06. The van der Waals surface area contributed by atoms with Gasteiger partial charge in [0.1, 0.15) is 11.9 Å². The number of Topliss-reactive ketones (excluding diaryl/α,β-unsaturated/α-hetero) is 1. The smallest absolute Gasteiger partial charge is 0.302 e. The monoisotopic (exact) mass is 528 g/mol. The van der Waals surface area contributed by atoms with Gasteiger partial charge in [-0.1, -0.05) is 34.6 Å². The summed E-state index contributed by atoms with van der Waals surface area (Å²) in [7, 11) is 0. The molecular weight excluding hydrogens is 476 g/mol. The third-order valence-electron chi connectivity index (χ3n) is 13.9. The summed E-state index contributed by atoms with van der Waals surface area (Å²) in [6, 6.07) is 0. The quantitative estimate of drug-likeness (QED) is 0.362. The van der Waals surface area contributed by atoms with E-state index < -0.39 is 0 Å². The van der Waals surface area contributed by atoms with Crippen molar-refractivity contribution in [2.24, 2.45) is 56.7 Å². The minimum absolute atomic E-state index is 0.000688.